The summed E-state index contributed by atoms with van der Waals surface area (Å²) in [4.78, 5) is 37.3. The van der Waals surface area contributed by atoms with Gasteiger partial charge in [0.1, 0.15) is 0 Å². The molecule has 0 radical (unpaired) electrons. The highest BCUT2D eigenvalue weighted by Crippen LogP contribution is 2.33. The number of amides is 1. The molecule has 0 aromatic heterocycles. The van der Waals surface area contributed by atoms with Crippen LogP contribution in [0.2, 0.25) is 5.02 Å². The number of esters is 2. The molecule has 1 aromatic rings. The Morgan fingerprint density at radius 2 is 1.77 bits per heavy atom. The first-order chi connectivity index (χ1) is 14.6. The molecule has 2 rings (SSSR count). The Hall–Kier alpha value is -2.29. The highest BCUT2D eigenvalue weighted by molar-refractivity contribution is 6.31. The molecule has 6 nitrogen and oxygen atoms in total. The fraction of sp³-hybridized carbons (Fsp3) is 0.571. The summed E-state index contributed by atoms with van der Waals surface area (Å²) < 4.78 is 46.6. The lowest BCUT2D eigenvalue weighted by Gasteiger charge is -2.30. The Kier molecular flexibility index (Phi) is 9.15. The minimum Gasteiger partial charge on any atom is -0.466 e. The van der Waals surface area contributed by atoms with Gasteiger partial charge >= 0.3 is 18.1 Å². The second-order valence-electron chi connectivity index (χ2n) is 7.31. The number of carbonyl (C=O) groups is 3. The van der Waals surface area contributed by atoms with Crippen LogP contribution in [0.3, 0.4) is 0 Å². The van der Waals surface area contributed by atoms with Crippen LogP contribution >= 0.6 is 11.6 Å². The van der Waals surface area contributed by atoms with Crippen molar-refractivity contribution in [2.24, 2.45) is 11.8 Å². The largest absolute Gasteiger partial charge is 0.466 e. The van der Waals surface area contributed by atoms with Gasteiger partial charge in [-0.1, -0.05) is 42.6 Å². The standard InChI is InChI=1S/C21H25ClF3NO5/c1-2-30-18(27)11-17(15-9-5-6-10-16(15)22)26-19(28)13-7-3-4-8-14(13)20(29)31-12-21(23,24)25/h5-6,9-10,13-14,17H,2-4,7-8,11-12H2,1H3,(H,26,28). The van der Waals surface area contributed by atoms with Crippen molar-refractivity contribution in [1.82, 2.24) is 5.32 Å². The van der Waals surface area contributed by atoms with Gasteiger partial charge in [0.25, 0.3) is 0 Å². The van der Waals surface area contributed by atoms with Gasteiger partial charge in [0.15, 0.2) is 6.61 Å². The van der Waals surface area contributed by atoms with Gasteiger partial charge in [-0.15, -0.1) is 0 Å². The predicted octanol–water partition coefficient (Wildman–Crippen LogP) is 4.36. The van der Waals surface area contributed by atoms with Gasteiger partial charge in [-0.25, -0.2) is 0 Å². The third kappa shape index (κ3) is 7.72. The SMILES string of the molecule is CCOC(=O)CC(NC(=O)C1CCCCC1C(=O)OCC(F)(F)F)c1ccccc1Cl. The number of benzene rings is 1. The highest BCUT2D eigenvalue weighted by Gasteiger charge is 2.39. The number of hydrogen-bond donors (Lipinski definition) is 1. The van der Waals surface area contributed by atoms with E-state index < -0.39 is 48.5 Å². The van der Waals surface area contributed by atoms with Gasteiger partial charge in [-0.3, -0.25) is 14.4 Å². The number of rotatable bonds is 8. The van der Waals surface area contributed by atoms with E-state index >= 15 is 0 Å². The Labute approximate surface area is 183 Å². The van der Waals surface area contributed by atoms with E-state index in [0.29, 0.717) is 29.8 Å². The molecule has 1 N–H and O–H groups in total. The molecule has 1 amide bonds. The number of nitrogens with one attached hydrogen (secondary N) is 1. The number of halogens is 4. The molecule has 3 unspecified atom stereocenters. The third-order valence-electron chi connectivity index (χ3n) is 5.06. The zero-order valence-electron chi connectivity index (χ0n) is 17.0. The first-order valence-electron chi connectivity index (χ1n) is 10.1. The monoisotopic (exact) mass is 463 g/mol. The lowest BCUT2D eigenvalue weighted by atomic mass is 9.78. The smallest absolute Gasteiger partial charge is 0.422 e. The van der Waals surface area contributed by atoms with Crippen LogP contribution in [0.5, 0.6) is 0 Å². The van der Waals surface area contributed by atoms with Gasteiger partial charge in [0.2, 0.25) is 5.91 Å². The first kappa shape index (κ1) is 25.0. The summed E-state index contributed by atoms with van der Waals surface area (Å²) in [5.41, 5.74) is 0.498. The van der Waals surface area contributed by atoms with Gasteiger partial charge in [0.05, 0.1) is 30.9 Å². The molecule has 0 spiro atoms. The summed E-state index contributed by atoms with van der Waals surface area (Å²) in [6.45, 7) is 0.125. The highest BCUT2D eigenvalue weighted by atomic mass is 35.5. The molecule has 0 aliphatic heterocycles. The van der Waals surface area contributed by atoms with E-state index in [1.165, 1.54) is 0 Å². The predicted molar refractivity (Wildman–Crippen MR) is 106 cm³/mol. The molecule has 0 saturated heterocycles. The third-order valence-corrected chi connectivity index (χ3v) is 5.40. The Morgan fingerprint density at radius 3 is 2.39 bits per heavy atom. The minimum absolute atomic E-state index is 0.164. The van der Waals surface area contributed by atoms with Crippen molar-refractivity contribution in [1.29, 1.82) is 0 Å². The zero-order chi connectivity index (χ0) is 23.0. The number of ether oxygens (including phenoxy) is 2. The molecule has 1 aliphatic rings. The van der Waals surface area contributed by atoms with Gasteiger partial charge < -0.3 is 14.8 Å². The minimum atomic E-state index is -4.64. The summed E-state index contributed by atoms with van der Waals surface area (Å²) in [5.74, 6) is -3.97. The number of hydrogen-bond acceptors (Lipinski definition) is 5. The normalized spacial score (nSPS) is 19.9. The molecule has 10 heteroatoms. The Morgan fingerprint density at radius 1 is 1.13 bits per heavy atom. The molecule has 0 bridgehead atoms. The average molecular weight is 464 g/mol. The lowest BCUT2D eigenvalue weighted by molar-refractivity contribution is -0.191. The van der Waals surface area contributed by atoms with Gasteiger partial charge in [0, 0.05) is 5.02 Å². The zero-order valence-corrected chi connectivity index (χ0v) is 17.8. The average Bonchev–Trinajstić information content (AvgIpc) is 2.71. The van der Waals surface area contributed by atoms with Crippen LogP contribution < -0.4 is 5.32 Å². The fourth-order valence-corrected chi connectivity index (χ4v) is 3.92. The van der Waals surface area contributed by atoms with Crippen LogP contribution in [-0.4, -0.2) is 37.2 Å². The second kappa shape index (κ2) is 11.4. The molecule has 31 heavy (non-hydrogen) atoms. The molecular formula is C21H25ClF3NO5. The lowest BCUT2D eigenvalue weighted by Crippen LogP contribution is -2.42. The summed E-state index contributed by atoms with van der Waals surface area (Å²) >= 11 is 6.23. The van der Waals surface area contributed by atoms with Crippen LogP contribution in [0.15, 0.2) is 24.3 Å². The number of alkyl halides is 3. The van der Waals surface area contributed by atoms with E-state index in [1.807, 2.05) is 0 Å². The maximum atomic E-state index is 13.0. The fourth-order valence-electron chi connectivity index (χ4n) is 3.65. The van der Waals surface area contributed by atoms with Crippen molar-refractivity contribution >= 4 is 29.4 Å². The van der Waals surface area contributed by atoms with Gasteiger partial charge in [-0.05, 0) is 31.4 Å². The van der Waals surface area contributed by atoms with Crippen molar-refractivity contribution < 1.29 is 37.0 Å². The van der Waals surface area contributed by atoms with Crippen molar-refractivity contribution in [3.8, 4) is 0 Å². The van der Waals surface area contributed by atoms with E-state index in [4.69, 9.17) is 16.3 Å². The molecular weight excluding hydrogens is 439 g/mol. The quantitative estimate of drug-likeness (QED) is 0.579. The molecule has 1 saturated carbocycles. The summed E-state index contributed by atoms with van der Waals surface area (Å²) in [5, 5.41) is 3.07. The van der Waals surface area contributed by atoms with Crippen LogP contribution in [0.1, 0.15) is 50.6 Å². The second-order valence-corrected chi connectivity index (χ2v) is 7.72. The topological polar surface area (TPSA) is 81.7 Å². The molecule has 172 valence electrons. The molecule has 1 fully saturated rings. The summed E-state index contributed by atoms with van der Waals surface area (Å²) in [6, 6.07) is 5.85. The Balaban J connectivity index is 2.16. The summed E-state index contributed by atoms with van der Waals surface area (Å²) in [7, 11) is 0. The van der Waals surface area contributed by atoms with E-state index in [2.05, 4.69) is 10.1 Å². The maximum Gasteiger partial charge on any atom is 0.422 e. The van der Waals surface area contributed by atoms with Crippen LogP contribution in [-0.2, 0) is 23.9 Å². The van der Waals surface area contributed by atoms with Crippen molar-refractivity contribution in [2.45, 2.75) is 51.2 Å². The maximum absolute atomic E-state index is 13.0. The Bertz CT molecular complexity index is 787. The van der Waals surface area contributed by atoms with Crippen LogP contribution in [0.4, 0.5) is 13.2 Å². The first-order valence-corrected chi connectivity index (χ1v) is 10.4. The molecule has 3 atom stereocenters. The summed E-state index contributed by atoms with van der Waals surface area (Å²) in [6.07, 6.45) is -2.99. The van der Waals surface area contributed by atoms with Crippen molar-refractivity contribution in [3.05, 3.63) is 34.9 Å². The van der Waals surface area contributed by atoms with Gasteiger partial charge in [-0.2, -0.15) is 13.2 Å². The van der Waals surface area contributed by atoms with Crippen LogP contribution in [0.25, 0.3) is 0 Å². The van der Waals surface area contributed by atoms with E-state index in [-0.39, 0.29) is 19.4 Å². The number of carbonyl (C=O) groups excluding carboxylic acids is 3. The van der Waals surface area contributed by atoms with Crippen molar-refractivity contribution in [3.63, 3.8) is 0 Å². The van der Waals surface area contributed by atoms with Crippen molar-refractivity contribution in [2.75, 3.05) is 13.2 Å². The molecule has 1 aliphatic carbocycles. The van der Waals surface area contributed by atoms with Crippen LogP contribution in [0, 0.1) is 11.8 Å². The molecule has 0 heterocycles. The van der Waals surface area contributed by atoms with E-state index in [0.717, 1.165) is 0 Å². The van der Waals surface area contributed by atoms with E-state index in [9.17, 15) is 27.6 Å². The van der Waals surface area contributed by atoms with E-state index in [1.54, 1.807) is 31.2 Å². The molecule has 1 aromatic carbocycles.